The van der Waals surface area contributed by atoms with Crippen molar-refractivity contribution in [1.82, 2.24) is 0 Å². The zero-order chi connectivity index (χ0) is 5.82. The Balaban J connectivity index is 0.000000640. The van der Waals surface area contributed by atoms with Crippen LogP contribution in [0.2, 0.25) is 0 Å². The molecule has 1 aromatic carbocycles. The molecule has 9 heavy (non-hydrogen) atoms. The van der Waals surface area contributed by atoms with Gasteiger partial charge in [-0.1, -0.05) is 12.1 Å². The summed E-state index contributed by atoms with van der Waals surface area (Å²) in [4.78, 5) is 0. The molecule has 0 unspecified atom stereocenters. The summed E-state index contributed by atoms with van der Waals surface area (Å²) in [5.41, 5.74) is 0. The Morgan fingerprint density at radius 2 is 1.89 bits per heavy atom. The first-order valence-electron chi connectivity index (χ1n) is 2.43. The summed E-state index contributed by atoms with van der Waals surface area (Å²) in [7, 11) is 1.65. The van der Waals surface area contributed by atoms with Gasteiger partial charge in [0.15, 0.2) is 0 Å². The first-order chi connectivity index (χ1) is 3.93. The van der Waals surface area contributed by atoms with Gasteiger partial charge in [0.1, 0.15) is 5.75 Å². The van der Waals surface area contributed by atoms with Crippen molar-refractivity contribution in [3.8, 4) is 5.75 Å². The molecule has 0 aromatic heterocycles. The van der Waals surface area contributed by atoms with Crippen LogP contribution >= 0.6 is 0 Å². The van der Waals surface area contributed by atoms with Gasteiger partial charge in [-0.2, -0.15) is 0 Å². The predicted molar refractivity (Wildman–Crippen MR) is 39.0 cm³/mol. The van der Waals surface area contributed by atoms with Gasteiger partial charge in [0, 0.05) is 0 Å². The number of ether oxygens (including phenoxy) is 1. The van der Waals surface area contributed by atoms with E-state index in [1.54, 1.807) is 7.11 Å². The molecule has 0 heterocycles. The van der Waals surface area contributed by atoms with Crippen LogP contribution in [0.25, 0.3) is 0 Å². The maximum absolute atomic E-state index is 4.89. The summed E-state index contributed by atoms with van der Waals surface area (Å²) in [5.74, 6) is 0.878. The summed E-state index contributed by atoms with van der Waals surface area (Å²) in [6.45, 7) is 0. The second kappa shape index (κ2) is 4.86. The molecule has 0 saturated heterocycles. The van der Waals surface area contributed by atoms with Gasteiger partial charge in [-0.05, 0) is 18.2 Å². The van der Waals surface area contributed by atoms with E-state index in [0.29, 0.717) is 0 Å². The minimum atomic E-state index is 0. The molecule has 2 heteroatoms. The normalized spacial score (nSPS) is 7.67. The molecule has 0 fully saturated rings. The fourth-order valence-corrected chi connectivity index (χ4v) is 0.508. The molecule has 0 saturated carbocycles. The SMILES string of the molecule is COc1cc[c]cc1.[NaH]. The third-order valence-electron chi connectivity index (χ3n) is 0.923. The van der Waals surface area contributed by atoms with Gasteiger partial charge in [0.05, 0.1) is 7.11 Å². The third kappa shape index (κ3) is 2.89. The van der Waals surface area contributed by atoms with Crippen LogP contribution in [0, 0.1) is 6.07 Å². The summed E-state index contributed by atoms with van der Waals surface area (Å²) in [6, 6.07) is 10.2. The van der Waals surface area contributed by atoms with Crippen LogP contribution in [-0.2, 0) is 0 Å². The van der Waals surface area contributed by atoms with Crippen LogP contribution in [0.3, 0.4) is 0 Å². The first kappa shape index (κ1) is 9.02. The van der Waals surface area contributed by atoms with Gasteiger partial charge < -0.3 is 4.74 Å². The van der Waals surface area contributed by atoms with Gasteiger partial charge in [-0.3, -0.25) is 0 Å². The van der Waals surface area contributed by atoms with E-state index in [2.05, 4.69) is 6.07 Å². The number of hydrogen-bond acceptors (Lipinski definition) is 1. The van der Waals surface area contributed by atoms with Crippen molar-refractivity contribution in [1.29, 1.82) is 0 Å². The Hall–Kier alpha value is 0.0200. The van der Waals surface area contributed by atoms with E-state index in [1.807, 2.05) is 24.3 Å². The van der Waals surface area contributed by atoms with Gasteiger partial charge in [0.25, 0.3) is 0 Å². The Bertz CT molecular complexity index is 150. The average molecular weight is 131 g/mol. The molecular formula is C7H8NaO. The predicted octanol–water partition coefficient (Wildman–Crippen LogP) is 0.847. The minimum absolute atomic E-state index is 0. The van der Waals surface area contributed by atoms with E-state index in [0.717, 1.165) is 5.75 Å². The van der Waals surface area contributed by atoms with Crippen molar-refractivity contribution >= 4 is 29.6 Å². The van der Waals surface area contributed by atoms with Gasteiger partial charge in [-0.15, -0.1) is 0 Å². The summed E-state index contributed by atoms with van der Waals surface area (Å²) in [6.07, 6.45) is 0. The molecule has 0 aliphatic heterocycles. The zero-order valence-corrected chi connectivity index (χ0v) is 4.72. The molecular weight excluding hydrogens is 123 g/mol. The first-order valence-corrected chi connectivity index (χ1v) is 2.43. The summed E-state index contributed by atoms with van der Waals surface area (Å²) in [5, 5.41) is 0. The molecule has 1 rings (SSSR count). The van der Waals surface area contributed by atoms with Crippen LogP contribution in [0.15, 0.2) is 24.3 Å². The second-order valence-corrected chi connectivity index (χ2v) is 1.44. The van der Waals surface area contributed by atoms with Crippen LogP contribution in [-0.4, -0.2) is 36.7 Å². The molecule has 0 amide bonds. The van der Waals surface area contributed by atoms with Crippen molar-refractivity contribution in [2.24, 2.45) is 0 Å². The van der Waals surface area contributed by atoms with E-state index in [4.69, 9.17) is 4.74 Å². The maximum atomic E-state index is 4.89. The van der Waals surface area contributed by atoms with Crippen LogP contribution in [0.1, 0.15) is 0 Å². The molecule has 0 N–H and O–H groups in total. The Morgan fingerprint density at radius 3 is 2.22 bits per heavy atom. The Kier molecular flexibility index (Phi) is 4.87. The van der Waals surface area contributed by atoms with Crippen LogP contribution in [0.4, 0.5) is 0 Å². The third-order valence-corrected chi connectivity index (χ3v) is 0.923. The van der Waals surface area contributed by atoms with Gasteiger partial charge in [0.2, 0.25) is 0 Å². The fourth-order valence-electron chi connectivity index (χ4n) is 0.508. The fraction of sp³-hybridized carbons (Fsp3) is 0.143. The zero-order valence-electron chi connectivity index (χ0n) is 4.72. The molecule has 0 aliphatic carbocycles. The average Bonchev–Trinajstić information content (AvgIpc) is 1.90. The number of rotatable bonds is 1. The van der Waals surface area contributed by atoms with E-state index in [9.17, 15) is 0 Å². The van der Waals surface area contributed by atoms with E-state index >= 15 is 0 Å². The monoisotopic (exact) mass is 131 g/mol. The van der Waals surface area contributed by atoms with Crippen LogP contribution < -0.4 is 4.74 Å². The number of hydrogen-bond donors (Lipinski definition) is 0. The number of methoxy groups -OCH3 is 1. The van der Waals surface area contributed by atoms with E-state index in [1.165, 1.54) is 0 Å². The molecule has 0 spiro atoms. The van der Waals surface area contributed by atoms with Crippen molar-refractivity contribution < 1.29 is 4.74 Å². The van der Waals surface area contributed by atoms with Crippen molar-refractivity contribution in [3.63, 3.8) is 0 Å². The number of benzene rings is 1. The van der Waals surface area contributed by atoms with Crippen molar-refractivity contribution in [3.05, 3.63) is 30.3 Å². The molecule has 0 atom stereocenters. The standard InChI is InChI=1S/C7H7O.Na.H/c1-8-7-5-3-2-4-6-7;;/h3-6H,1H3;;. The molecule has 0 bridgehead atoms. The van der Waals surface area contributed by atoms with Crippen molar-refractivity contribution in [2.45, 2.75) is 0 Å². The Labute approximate surface area is 77.3 Å². The molecule has 0 aliphatic rings. The summed E-state index contributed by atoms with van der Waals surface area (Å²) < 4.78 is 4.89. The van der Waals surface area contributed by atoms with Crippen molar-refractivity contribution in [2.75, 3.05) is 7.11 Å². The molecule has 1 radical (unpaired) electrons. The quantitative estimate of drug-likeness (QED) is 0.513. The molecule has 1 aromatic rings. The summed E-state index contributed by atoms with van der Waals surface area (Å²) >= 11 is 0. The second-order valence-electron chi connectivity index (χ2n) is 1.44. The Morgan fingerprint density at radius 1 is 1.33 bits per heavy atom. The molecule has 1 nitrogen and oxygen atoms in total. The van der Waals surface area contributed by atoms with Gasteiger partial charge >= 0.3 is 29.6 Å². The molecule has 43 valence electrons. The topological polar surface area (TPSA) is 9.23 Å². The van der Waals surface area contributed by atoms with E-state index in [-0.39, 0.29) is 29.6 Å². The van der Waals surface area contributed by atoms with E-state index < -0.39 is 0 Å². The van der Waals surface area contributed by atoms with Gasteiger partial charge in [-0.25, -0.2) is 0 Å². The van der Waals surface area contributed by atoms with Crippen LogP contribution in [0.5, 0.6) is 5.75 Å².